The summed E-state index contributed by atoms with van der Waals surface area (Å²) in [5.41, 5.74) is 1.21. The average molecular weight is 324 g/mol. The normalized spacial score (nSPS) is 19.1. The second-order valence-electron chi connectivity index (χ2n) is 6.00. The summed E-state index contributed by atoms with van der Waals surface area (Å²) >= 11 is 3.53. The molecule has 0 N–H and O–H groups in total. The van der Waals surface area contributed by atoms with Crippen molar-refractivity contribution in [3.63, 3.8) is 0 Å². The summed E-state index contributed by atoms with van der Waals surface area (Å²) in [6.45, 7) is 6.71. The molecule has 0 bridgehead atoms. The molecule has 5 nitrogen and oxygen atoms in total. The van der Waals surface area contributed by atoms with Gasteiger partial charge in [-0.1, -0.05) is 13.8 Å². The lowest BCUT2D eigenvalue weighted by molar-refractivity contribution is 0.292. The van der Waals surface area contributed by atoms with Crippen LogP contribution in [-0.2, 0) is 7.05 Å². The van der Waals surface area contributed by atoms with Crippen molar-refractivity contribution in [3.05, 3.63) is 10.9 Å². The highest BCUT2D eigenvalue weighted by Gasteiger charge is 2.29. The van der Waals surface area contributed by atoms with Crippen molar-refractivity contribution in [2.75, 3.05) is 18.0 Å². The molecule has 6 heteroatoms. The van der Waals surface area contributed by atoms with Crippen LogP contribution in [0.5, 0.6) is 0 Å². The van der Waals surface area contributed by atoms with E-state index < -0.39 is 0 Å². The number of hydrogen-bond acceptors (Lipinski definition) is 4. The molecule has 0 atom stereocenters. The molecule has 3 heterocycles. The van der Waals surface area contributed by atoms with Gasteiger partial charge < -0.3 is 4.90 Å². The fraction of sp³-hybridized carbons (Fsp3) is 0.615. The van der Waals surface area contributed by atoms with Crippen LogP contribution in [0.15, 0.2) is 10.9 Å². The van der Waals surface area contributed by atoms with E-state index in [0.29, 0.717) is 5.41 Å². The highest BCUT2D eigenvalue weighted by Crippen LogP contribution is 2.35. The molecule has 0 saturated carbocycles. The number of anilines is 1. The average Bonchev–Trinajstić information content (AvgIpc) is 2.64. The Balaban J connectivity index is 2.10. The maximum absolute atomic E-state index is 4.50. The first-order valence-corrected chi connectivity index (χ1v) is 7.35. The number of nitrogens with zero attached hydrogens (tertiary/aromatic N) is 5. The first-order valence-electron chi connectivity index (χ1n) is 6.56. The second-order valence-corrected chi connectivity index (χ2v) is 6.75. The molecule has 0 radical (unpaired) electrons. The first-order chi connectivity index (χ1) is 8.98. The van der Waals surface area contributed by atoms with E-state index in [0.717, 1.165) is 34.5 Å². The minimum absolute atomic E-state index is 0.338. The monoisotopic (exact) mass is 323 g/mol. The van der Waals surface area contributed by atoms with Gasteiger partial charge in [0.05, 0.1) is 5.39 Å². The first kappa shape index (κ1) is 12.8. The van der Waals surface area contributed by atoms with E-state index in [1.807, 2.05) is 7.05 Å². The van der Waals surface area contributed by atoms with Crippen LogP contribution in [0.1, 0.15) is 26.7 Å². The van der Waals surface area contributed by atoms with E-state index in [1.54, 1.807) is 11.0 Å². The van der Waals surface area contributed by atoms with Gasteiger partial charge in [0.15, 0.2) is 5.65 Å². The molecule has 1 aliphatic rings. The van der Waals surface area contributed by atoms with E-state index in [1.165, 1.54) is 12.8 Å². The molecule has 0 unspecified atom stereocenters. The molecule has 1 fully saturated rings. The van der Waals surface area contributed by atoms with Crippen molar-refractivity contribution in [1.29, 1.82) is 0 Å². The van der Waals surface area contributed by atoms with Crippen LogP contribution < -0.4 is 4.90 Å². The van der Waals surface area contributed by atoms with Crippen LogP contribution >= 0.6 is 15.9 Å². The Hall–Kier alpha value is -1.17. The Bertz CT molecular complexity index is 619. The minimum atomic E-state index is 0.338. The van der Waals surface area contributed by atoms with Crippen molar-refractivity contribution < 1.29 is 0 Å². The molecular weight excluding hydrogens is 306 g/mol. The quantitative estimate of drug-likeness (QED) is 0.809. The smallest absolute Gasteiger partial charge is 0.164 e. The third-order valence-corrected chi connectivity index (χ3v) is 4.31. The van der Waals surface area contributed by atoms with Gasteiger partial charge in [-0.3, -0.25) is 0 Å². The van der Waals surface area contributed by atoms with E-state index in [4.69, 9.17) is 0 Å². The fourth-order valence-corrected chi connectivity index (χ4v) is 3.46. The topological polar surface area (TPSA) is 46.8 Å². The Labute approximate surface area is 121 Å². The Morgan fingerprint density at radius 3 is 2.84 bits per heavy atom. The Morgan fingerprint density at radius 1 is 1.32 bits per heavy atom. The summed E-state index contributed by atoms with van der Waals surface area (Å²) < 4.78 is 2.61. The molecule has 0 amide bonds. The van der Waals surface area contributed by atoms with Crippen LogP contribution in [0.2, 0.25) is 0 Å². The van der Waals surface area contributed by atoms with Gasteiger partial charge in [0.2, 0.25) is 0 Å². The molecule has 2 aromatic rings. The predicted molar refractivity (Wildman–Crippen MR) is 79.2 cm³/mol. The zero-order chi connectivity index (χ0) is 13.6. The third kappa shape index (κ3) is 2.22. The van der Waals surface area contributed by atoms with Crippen LogP contribution in [0.25, 0.3) is 11.0 Å². The van der Waals surface area contributed by atoms with Gasteiger partial charge in [0.1, 0.15) is 16.7 Å². The summed E-state index contributed by atoms with van der Waals surface area (Å²) in [5, 5.41) is 5.40. The number of aryl methyl sites for hydroxylation is 1. The summed E-state index contributed by atoms with van der Waals surface area (Å²) in [6.07, 6.45) is 4.11. The van der Waals surface area contributed by atoms with Crippen molar-refractivity contribution >= 4 is 32.8 Å². The molecule has 3 rings (SSSR count). The predicted octanol–water partition coefficient (Wildman–Crippen LogP) is 2.75. The molecule has 1 saturated heterocycles. The summed E-state index contributed by atoms with van der Waals surface area (Å²) in [6, 6.07) is 0. The van der Waals surface area contributed by atoms with Gasteiger partial charge in [-0.15, -0.1) is 0 Å². The van der Waals surface area contributed by atoms with E-state index in [2.05, 4.69) is 49.7 Å². The lowest BCUT2D eigenvalue weighted by Gasteiger charge is -2.38. The van der Waals surface area contributed by atoms with Gasteiger partial charge in [-0.05, 0) is 34.2 Å². The van der Waals surface area contributed by atoms with Gasteiger partial charge in [-0.2, -0.15) is 5.10 Å². The molecule has 102 valence electrons. The molecule has 2 aromatic heterocycles. The summed E-state index contributed by atoms with van der Waals surface area (Å²) in [4.78, 5) is 11.2. The number of halogens is 1. The van der Waals surface area contributed by atoms with Gasteiger partial charge >= 0.3 is 0 Å². The van der Waals surface area contributed by atoms with Crippen molar-refractivity contribution in [1.82, 2.24) is 19.7 Å². The maximum Gasteiger partial charge on any atom is 0.164 e. The zero-order valence-corrected chi connectivity index (χ0v) is 13.1. The number of fused-ring (bicyclic) bond motifs is 1. The lowest BCUT2D eigenvalue weighted by atomic mass is 9.84. The molecule has 0 aromatic carbocycles. The van der Waals surface area contributed by atoms with Gasteiger partial charge in [0.25, 0.3) is 0 Å². The Morgan fingerprint density at radius 2 is 2.11 bits per heavy atom. The van der Waals surface area contributed by atoms with Gasteiger partial charge in [-0.25, -0.2) is 14.6 Å². The van der Waals surface area contributed by atoms with Gasteiger partial charge in [0, 0.05) is 20.1 Å². The second kappa shape index (κ2) is 4.44. The van der Waals surface area contributed by atoms with Crippen LogP contribution in [0, 0.1) is 5.41 Å². The Kier molecular flexibility index (Phi) is 3.00. The highest BCUT2D eigenvalue weighted by atomic mass is 79.9. The highest BCUT2D eigenvalue weighted by molar-refractivity contribution is 9.10. The van der Waals surface area contributed by atoms with Crippen LogP contribution in [-0.4, -0.2) is 32.8 Å². The SMILES string of the molecule is Cn1nc(Br)c2c(N3CCCC(C)(C)C3)ncnc21. The summed E-state index contributed by atoms with van der Waals surface area (Å²) in [7, 11) is 1.91. The molecule has 0 aliphatic carbocycles. The van der Waals surface area contributed by atoms with Crippen LogP contribution in [0.4, 0.5) is 5.82 Å². The number of hydrogen-bond donors (Lipinski definition) is 0. The summed E-state index contributed by atoms with van der Waals surface area (Å²) in [5.74, 6) is 0.998. The fourth-order valence-electron chi connectivity index (χ4n) is 2.87. The van der Waals surface area contributed by atoms with Crippen molar-refractivity contribution in [2.24, 2.45) is 12.5 Å². The molecular formula is C13H18BrN5. The van der Waals surface area contributed by atoms with Crippen molar-refractivity contribution in [3.8, 4) is 0 Å². The van der Waals surface area contributed by atoms with Crippen LogP contribution in [0.3, 0.4) is 0 Å². The maximum atomic E-state index is 4.50. The molecule has 1 aliphatic heterocycles. The van der Waals surface area contributed by atoms with E-state index >= 15 is 0 Å². The standard InChI is InChI=1S/C13H18BrN5/c1-13(2)5-4-6-19(7-13)12-9-10(14)17-18(3)11(9)15-8-16-12/h8H,4-7H2,1-3H3. The largest absolute Gasteiger partial charge is 0.355 e. The zero-order valence-electron chi connectivity index (χ0n) is 11.5. The minimum Gasteiger partial charge on any atom is -0.355 e. The lowest BCUT2D eigenvalue weighted by Crippen LogP contribution is -2.40. The van der Waals surface area contributed by atoms with E-state index in [9.17, 15) is 0 Å². The van der Waals surface area contributed by atoms with E-state index in [-0.39, 0.29) is 0 Å². The third-order valence-electron chi connectivity index (χ3n) is 3.76. The number of piperidine rings is 1. The molecule has 0 spiro atoms. The number of aromatic nitrogens is 4. The van der Waals surface area contributed by atoms with Crippen molar-refractivity contribution in [2.45, 2.75) is 26.7 Å². The number of rotatable bonds is 1. The molecule has 19 heavy (non-hydrogen) atoms.